The molecule has 7 heteroatoms. The van der Waals surface area contributed by atoms with Crippen LogP contribution in [0.25, 0.3) is 0 Å². The van der Waals surface area contributed by atoms with E-state index in [0.717, 1.165) is 18.8 Å². The van der Waals surface area contributed by atoms with Gasteiger partial charge in [-0.15, -0.1) is 0 Å². The van der Waals surface area contributed by atoms with Gasteiger partial charge in [0.1, 0.15) is 4.90 Å². The van der Waals surface area contributed by atoms with Gasteiger partial charge in [-0.2, -0.15) is 0 Å². The van der Waals surface area contributed by atoms with Crippen molar-refractivity contribution in [3.8, 4) is 0 Å². The molecule has 1 heterocycles. The summed E-state index contributed by atoms with van der Waals surface area (Å²) in [5, 5.41) is 0. The molecule has 1 aliphatic rings. The highest BCUT2D eigenvalue weighted by molar-refractivity contribution is 7.89. The summed E-state index contributed by atoms with van der Waals surface area (Å²) in [5.41, 5.74) is 6.92. The summed E-state index contributed by atoms with van der Waals surface area (Å²) in [4.78, 5) is 2.25. The van der Waals surface area contributed by atoms with E-state index in [2.05, 4.69) is 4.90 Å². The maximum absolute atomic E-state index is 12.2. The van der Waals surface area contributed by atoms with Crippen LogP contribution in [-0.4, -0.2) is 53.1 Å². The zero-order valence-electron chi connectivity index (χ0n) is 11.2. The van der Waals surface area contributed by atoms with Gasteiger partial charge in [0.15, 0.2) is 0 Å². The highest BCUT2D eigenvalue weighted by Crippen LogP contribution is 2.27. The molecule has 1 aromatic carbocycles. The second kappa shape index (κ2) is 5.36. The van der Waals surface area contributed by atoms with Gasteiger partial charge in [-0.25, -0.2) is 12.7 Å². The minimum Gasteiger partial charge on any atom is -0.398 e. The summed E-state index contributed by atoms with van der Waals surface area (Å²) in [6.07, 6.45) is 0. The van der Waals surface area contributed by atoms with Gasteiger partial charge in [-0.1, -0.05) is 0 Å². The molecule has 1 fully saturated rings. The Balaban J connectivity index is 2.40. The van der Waals surface area contributed by atoms with E-state index in [0.29, 0.717) is 13.2 Å². The van der Waals surface area contributed by atoms with Crippen molar-refractivity contribution in [3.63, 3.8) is 0 Å². The SMILES string of the molecule is CN(C)S(=O)(=O)c1cc(N2CCOCC2)ccc1N. The highest BCUT2D eigenvalue weighted by Gasteiger charge is 2.22. The van der Waals surface area contributed by atoms with Crippen LogP contribution >= 0.6 is 0 Å². The summed E-state index contributed by atoms with van der Waals surface area (Å²) in [7, 11) is -0.526. The first-order valence-corrected chi connectivity index (χ1v) is 7.51. The number of nitrogen functional groups attached to an aromatic ring is 1. The summed E-state index contributed by atoms with van der Waals surface area (Å²) in [6, 6.07) is 5.12. The van der Waals surface area contributed by atoms with Crippen LogP contribution in [0.3, 0.4) is 0 Å². The molecule has 106 valence electrons. The van der Waals surface area contributed by atoms with Crippen molar-refractivity contribution >= 4 is 21.4 Å². The molecule has 6 nitrogen and oxygen atoms in total. The largest absolute Gasteiger partial charge is 0.398 e. The Morgan fingerprint density at radius 3 is 2.47 bits per heavy atom. The molecule has 2 rings (SSSR count). The Bertz CT molecular complexity index is 551. The molecular weight excluding hydrogens is 266 g/mol. The van der Waals surface area contributed by atoms with Crippen molar-refractivity contribution in [1.29, 1.82) is 0 Å². The lowest BCUT2D eigenvalue weighted by Crippen LogP contribution is -2.36. The zero-order chi connectivity index (χ0) is 14.0. The van der Waals surface area contributed by atoms with Crippen LogP contribution in [0.1, 0.15) is 0 Å². The molecule has 0 aliphatic carbocycles. The van der Waals surface area contributed by atoms with Crippen molar-refractivity contribution in [3.05, 3.63) is 18.2 Å². The fraction of sp³-hybridized carbons (Fsp3) is 0.500. The number of hydrogen-bond acceptors (Lipinski definition) is 5. The van der Waals surface area contributed by atoms with Gasteiger partial charge >= 0.3 is 0 Å². The van der Waals surface area contributed by atoms with Crippen LogP contribution in [0.4, 0.5) is 11.4 Å². The zero-order valence-corrected chi connectivity index (χ0v) is 12.0. The molecule has 2 N–H and O–H groups in total. The molecule has 1 aromatic rings. The van der Waals surface area contributed by atoms with Crippen molar-refractivity contribution < 1.29 is 13.2 Å². The van der Waals surface area contributed by atoms with E-state index in [9.17, 15) is 8.42 Å². The number of nitrogens with two attached hydrogens (primary N) is 1. The monoisotopic (exact) mass is 285 g/mol. The molecule has 0 bridgehead atoms. The first-order chi connectivity index (χ1) is 8.93. The van der Waals surface area contributed by atoms with E-state index in [4.69, 9.17) is 10.5 Å². The number of ether oxygens (including phenoxy) is 1. The van der Waals surface area contributed by atoms with Crippen LogP contribution in [-0.2, 0) is 14.8 Å². The average Bonchev–Trinajstić information content (AvgIpc) is 2.40. The van der Waals surface area contributed by atoms with E-state index in [1.165, 1.54) is 18.4 Å². The number of nitrogens with zero attached hydrogens (tertiary/aromatic N) is 2. The van der Waals surface area contributed by atoms with Crippen molar-refractivity contribution in [2.45, 2.75) is 4.90 Å². The maximum atomic E-state index is 12.2. The smallest absolute Gasteiger partial charge is 0.244 e. The second-order valence-electron chi connectivity index (χ2n) is 4.61. The third-order valence-corrected chi connectivity index (χ3v) is 5.00. The fourth-order valence-electron chi connectivity index (χ4n) is 1.96. The van der Waals surface area contributed by atoms with Crippen LogP contribution in [0.2, 0.25) is 0 Å². The highest BCUT2D eigenvalue weighted by atomic mass is 32.2. The summed E-state index contributed by atoms with van der Waals surface area (Å²) in [5.74, 6) is 0. The van der Waals surface area contributed by atoms with Gasteiger partial charge < -0.3 is 15.4 Å². The Kier molecular flexibility index (Phi) is 3.98. The first kappa shape index (κ1) is 14.1. The maximum Gasteiger partial charge on any atom is 0.244 e. The van der Waals surface area contributed by atoms with Crippen LogP contribution < -0.4 is 10.6 Å². The van der Waals surface area contributed by atoms with Crippen molar-refractivity contribution in [1.82, 2.24) is 4.31 Å². The molecule has 1 saturated heterocycles. The van der Waals surface area contributed by atoms with Crippen LogP contribution in [0.5, 0.6) is 0 Å². The number of anilines is 2. The lowest BCUT2D eigenvalue weighted by Gasteiger charge is -2.29. The number of rotatable bonds is 3. The Morgan fingerprint density at radius 1 is 1.26 bits per heavy atom. The van der Waals surface area contributed by atoms with E-state index in [1.54, 1.807) is 12.1 Å². The first-order valence-electron chi connectivity index (χ1n) is 6.07. The lowest BCUT2D eigenvalue weighted by atomic mass is 10.2. The Morgan fingerprint density at radius 2 is 1.89 bits per heavy atom. The molecule has 0 spiro atoms. The molecule has 0 unspecified atom stereocenters. The van der Waals surface area contributed by atoms with Gasteiger partial charge in [-0.05, 0) is 18.2 Å². The molecule has 0 amide bonds. The predicted octanol–water partition coefficient (Wildman–Crippen LogP) is 0.356. The number of hydrogen-bond donors (Lipinski definition) is 1. The van der Waals surface area contributed by atoms with E-state index in [-0.39, 0.29) is 10.6 Å². The molecular formula is C12H19N3O3S. The van der Waals surface area contributed by atoms with Crippen LogP contribution in [0, 0.1) is 0 Å². The van der Waals surface area contributed by atoms with Gasteiger partial charge in [0.05, 0.1) is 18.9 Å². The van der Waals surface area contributed by atoms with Gasteiger partial charge in [0, 0.05) is 32.9 Å². The van der Waals surface area contributed by atoms with E-state index >= 15 is 0 Å². The Hall–Kier alpha value is -1.31. The summed E-state index contributed by atoms with van der Waals surface area (Å²) in [6.45, 7) is 2.82. The molecule has 1 aliphatic heterocycles. The van der Waals surface area contributed by atoms with Gasteiger partial charge in [0.25, 0.3) is 0 Å². The molecule has 0 saturated carbocycles. The second-order valence-corrected chi connectivity index (χ2v) is 6.73. The molecule has 0 atom stereocenters. The van der Waals surface area contributed by atoms with Crippen molar-refractivity contribution in [2.24, 2.45) is 0 Å². The number of benzene rings is 1. The van der Waals surface area contributed by atoms with Crippen LogP contribution in [0.15, 0.2) is 23.1 Å². The predicted molar refractivity (Wildman–Crippen MR) is 74.8 cm³/mol. The number of morpholine rings is 1. The molecule has 19 heavy (non-hydrogen) atoms. The topological polar surface area (TPSA) is 75.9 Å². The summed E-state index contributed by atoms with van der Waals surface area (Å²) < 4.78 is 30.8. The average molecular weight is 285 g/mol. The third kappa shape index (κ3) is 2.83. The standard InChI is InChI=1S/C12H19N3O3S/c1-14(2)19(16,17)12-9-10(3-4-11(12)13)15-5-7-18-8-6-15/h3-4,9H,5-8,13H2,1-2H3. The quantitative estimate of drug-likeness (QED) is 0.811. The van der Waals surface area contributed by atoms with E-state index in [1.807, 2.05) is 6.07 Å². The van der Waals surface area contributed by atoms with E-state index < -0.39 is 10.0 Å². The minimum atomic E-state index is -3.52. The third-order valence-electron chi connectivity index (χ3n) is 3.13. The molecule has 0 radical (unpaired) electrons. The normalized spacial score (nSPS) is 16.9. The van der Waals surface area contributed by atoms with Gasteiger partial charge in [-0.3, -0.25) is 0 Å². The Labute approximate surface area is 113 Å². The minimum absolute atomic E-state index is 0.154. The number of sulfonamides is 1. The molecule has 0 aromatic heterocycles. The summed E-state index contributed by atoms with van der Waals surface area (Å²) >= 11 is 0. The van der Waals surface area contributed by atoms with Gasteiger partial charge in [0.2, 0.25) is 10.0 Å². The lowest BCUT2D eigenvalue weighted by molar-refractivity contribution is 0.122. The van der Waals surface area contributed by atoms with Crippen molar-refractivity contribution in [2.75, 3.05) is 51.0 Å². The fourth-order valence-corrected chi connectivity index (χ4v) is 2.99.